The number of thiophene rings is 1. The minimum atomic E-state index is -0.128. The Morgan fingerprint density at radius 3 is 1.96 bits per heavy atom. The molecule has 7 aromatic carbocycles. The van der Waals surface area contributed by atoms with Gasteiger partial charge in [0.1, 0.15) is 0 Å². The molecule has 0 bridgehead atoms. The van der Waals surface area contributed by atoms with E-state index in [2.05, 4.69) is 166 Å². The summed E-state index contributed by atoms with van der Waals surface area (Å²) >= 11 is 1.85. The summed E-state index contributed by atoms with van der Waals surface area (Å²) in [7, 11) is 0. The van der Waals surface area contributed by atoms with Crippen LogP contribution in [0.5, 0.6) is 0 Å². The summed E-state index contributed by atoms with van der Waals surface area (Å²) in [4.78, 5) is 10.4. The average molecular weight is 657 g/mol. The first-order chi connectivity index (χ1) is 24.5. The summed E-state index contributed by atoms with van der Waals surface area (Å²) in [6, 6.07) is 57.0. The number of benzene rings is 7. The second kappa shape index (κ2) is 11.1. The van der Waals surface area contributed by atoms with E-state index >= 15 is 0 Å². The molecule has 2 aromatic heterocycles. The van der Waals surface area contributed by atoms with Crippen LogP contribution in [0.25, 0.3) is 87.1 Å². The quantitative estimate of drug-likeness (QED) is 0.188. The minimum Gasteiger partial charge on any atom is -0.228 e. The zero-order valence-electron chi connectivity index (χ0n) is 27.8. The topological polar surface area (TPSA) is 25.8 Å². The third kappa shape index (κ3) is 4.54. The highest BCUT2D eigenvalue weighted by molar-refractivity contribution is 7.25. The lowest BCUT2D eigenvalue weighted by Gasteiger charge is -2.22. The first kappa shape index (κ1) is 29.1. The summed E-state index contributed by atoms with van der Waals surface area (Å²) in [5, 5.41) is 5.16. The van der Waals surface area contributed by atoms with E-state index in [0.29, 0.717) is 0 Å². The number of rotatable bonds is 4. The minimum absolute atomic E-state index is 0.128. The van der Waals surface area contributed by atoms with Crippen molar-refractivity contribution in [3.05, 3.63) is 169 Å². The first-order valence-corrected chi connectivity index (χ1v) is 18.0. The number of fused-ring (bicyclic) bond motifs is 7. The summed E-state index contributed by atoms with van der Waals surface area (Å²) in [6.07, 6.45) is 0. The maximum Gasteiger partial charge on any atom is 0.160 e. The van der Waals surface area contributed by atoms with E-state index in [-0.39, 0.29) is 5.41 Å². The summed E-state index contributed by atoms with van der Waals surface area (Å²) in [5.41, 5.74) is 12.6. The van der Waals surface area contributed by atoms with E-state index < -0.39 is 0 Å². The van der Waals surface area contributed by atoms with E-state index in [4.69, 9.17) is 9.97 Å². The monoisotopic (exact) mass is 656 g/mol. The Balaban J connectivity index is 1.12. The van der Waals surface area contributed by atoms with Gasteiger partial charge >= 0.3 is 0 Å². The number of nitrogens with zero attached hydrogens (tertiary/aromatic N) is 2. The predicted octanol–water partition coefficient (Wildman–Crippen LogP) is 13.0. The fourth-order valence-electron chi connectivity index (χ4n) is 7.87. The van der Waals surface area contributed by atoms with E-state index in [1.165, 1.54) is 64.3 Å². The molecule has 3 heteroatoms. The van der Waals surface area contributed by atoms with Gasteiger partial charge in [0.25, 0.3) is 0 Å². The lowest BCUT2D eigenvalue weighted by Crippen LogP contribution is -2.14. The normalized spacial score (nSPS) is 13.2. The molecule has 0 N–H and O–H groups in total. The largest absolute Gasteiger partial charge is 0.228 e. The maximum absolute atomic E-state index is 5.26. The van der Waals surface area contributed by atoms with Crippen LogP contribution >= 0.6 is 11.3 Å². The van der Waals surface area contributed by atoms with Crippen LogP contribution in [0.1, 0.15) is 25.0 Å². The van der Waals surface area contributed by atoms with Crippen LogP contribution in [-0.4, -0.2) is 9.97 Å². The zero-order chi connectivity index (χ0) is 33.4. The molecule has 0 aliphatic heterocycles. The van der Waals surface area contributed by atoms with Crippen LogP contribution < -0.4 is 0 Å². The van der Waals surface area contributed by atoms with Crippen molar-refractivity contribution in [3.63, 3.8) is 0 Å². The molecule has 50 heavy (non-hydrogen) atoms. The Kier molecular flexibility index (Phi) is 6.43. The van der Waals surface area contributed by atoms with Gasteiger partial charge in [0.15, 0.2) is 5.82 Å². The molecule has 2 heterocycles. The van der Waals surface area contributed by atoms with Gasteiger partial charge in [-0.3, -0.25) is 0 Å². The predicted molar refractivity (Wildman–Crippen MR) is 212 cm³/mol. The van der Waals surface area contributed by atoms with Crippen molar-refractivity contribution in [2.24, 2.45) is 0 Å². The highest BCUT2D eigenvalue weighted by atomic mass is 32.1. The summed E-state index contributed by atoms with van der Waals surface area (Å²) in [6.45, 7) is 4.69. The Hall–Kier alpha value is -5.90. The molecule has 0 unspecified atom stereocenters. The Labute approximate surface area is 295 Å². The average Bonchev–Trinajstić information content (AvgIpc) is 3.65. The SMILES string of the molecule is CC1(C)c2cc3ccccc3cc2-c2c(-c3cc(-c4ccc(-c5ccc6sc7ccccc7c6c5)cc4)nc(-c4ccccc4)n3)cccc21. The fourth-order valence-corrected chi connectivity index (χ4v) is 8.96. The Bertz CT molecular complexity index is 2770. The highest BCUT2D eigenvalue weighted by Crippen LogP contribution is 2.53. The molecule has 0 radical (unpaired) electrons. The molecule has 0 atom stereocenters. The van der Waals surface area contributed by atoms with Crippen LogP contribution in [0.3, 0.4) is 0 Å². The molecule has 0 spiro atoms. The van der Waals surface area contributed by atoms with E-state index in [9.17, 15) is 0 Å². The molecule has 0 amide bonds. The van der Waals surface area contributed by atoms with Crippen molar-refractivity contribution in [1.29, 1.82) is 0 Å². The number of hydrogen-bond acceptors (Lipinski definition) is 3. The molecule has 236 valence electrons. The lowest BCUT2D eigenvalue weighted by atomic mass is 9.81. The molecule has 0 saturated carbocycles. The maximum atomic E-state index is 5.26. The molecule has 0 saturated heterocycles. The molecule has 2 nitrogen and oxygen atoms in total. The molecule has 1 aliphatic carbocycles. The van der Waals surface area contributed by atoms with Gasteiger partial charge in [-0.15, -0.1) is 11.3 Å². The van der Waals surface area contributed by atoms with Gasteiger partial charge < -0.3 is 0 Å². The van der Waals surface area contributed by atoms with Gasteiger partial charge in [-0.05, 0) is 80.6 Å². The van der Waals surface area contributed by atoms with E-state index in [1.54, 1.807) is 0 Å². The van der Waals surface area contributed by atoms with Crippen LogP contribution in [0.15, 0.2) is 158 Å². The molecule has 9 aromatic rings. The van der Waals surface area contributed by atoms with E-state index in [0.717, 1.165) is 33.9 Å². The van der Waals surface area contributed by atoms with Crippen molar-refractivity contribution >= 4 is 42.3 Å². The van der Waals surface area contributed by atoms with Crippen molar-refractivity contribution in [2.45, 2.75) is 19.3 Å². The number of aromatic nitrogens is 2. The molecular weight excluding hydrogens is 625 g/mol. The second-order valence-electron chi connectivity index (χ2n) is 13.8. The molecular formula is C47H32N2S. The first-order valence-electron chi connectivity index (χ1n) is 17.2. The van der Waals surface area contributed by atoms with Gasteiger partial charge in [-0.2, -0.15) is 0 Å². The van der Waals surface area contributed by atoms with Crippen molar-refractivity contribution in [2.75, 3.05) is 0 Å². The highest BCUT2D eigenvalue weighted by Gasteiger charge is 2.37. The van der Waals surface area contributed by atoms with Gasteiger partial charge in [0, 0.05) is 42.3 Å². The smallest absolute Gasteiger partial charge is 0.160 e. The standard InChI is InChI=1S/C47H32N2S/c1-47(2)39-17-10-16-36(45(39)38-26-32-13-6-7-14-33(32)27-40(38)47)42-28-41(48-46(49-42)31-11-4-3-5-12-31)30-21-19-29(20-22-30)34-23-24-44-37(25-34)35-15-8-9-18-43(35)50-44/h3-28H,1-2H3. The molecule has 1 aliphatic rings. The third-order valence-electron chi connectivity index (χ3n) is 10.5. The Morgan fingerprint density at radius 2 is 1.12 bits per heavy atom. The third-order valence-corrected chi connectivity index (χ3v) is 11.6. The van der Waals surface area contributed by atoms with Gasteiger partial charge in [-0.25, -0.2) is 9.97 Å². The van der Waals surface area contributed by atoms with Crippen LogP contribution in [0.2, 0.25) is 0 Å². The summed E-state index contributed by atoms with van der Waals surface area (Å²) < 4.78 is 2.65. The molecule has 0 fully saturated rings. The summed E-state index contributed by atoms with van der Waals surface area (Å²) in [5.74, 6) is 0.727. The Morgan fingerprint density at radius 1 is 0.440 bits per heavy atom. The van der Waals surface area contributed by atoms with Crippen molar-refractivity contribution in [3.8, 4) is 56.2 Å². The lowest BCUT2D eigenvalue weighted by molar-refractivity contribution is 0.661. The number of hydrogen-bond donors (Lipinski definition) is 0. The van der Waals surface area contributed by atoms with Gasteiger partial charge in [-0.1, -0.05) is 135 Å². The van der Waals surface area contributed by atoms with Crippen molar-refractivity contribution in [1.82, 2.24) is 9.97 Å². The van der Waals surface area contributed by atoms with Crippen LogP contribution in [-0.2, 0) is 5.41 Å². The second-order valence-corrected chi connectivity index (χ2v) is 14.9. The zero-order valence-corrected chi connectivity index (χ0v) is 28.6. The van der Waals surface area contributed by atoms with Gasteiger partial charge in [0.2, 0.25) is 0 Å². The van der Waals surface area contributed by atoms with Gasteiger partial charge in [0.05, 0.1) is 11.4 Å². The van der Waals surface area contributed by atoms with E-state index in [1.807, 2.05) is 17.4 Å². The van der Waals surface area contributed by atoms with Crippen molar-refractivity contribution < 1.29 is 0 Å². The fraction of sp³-hybridized carbons (Fsp3) is 0.0638. The molecule has 10 rings (SSSR count). The van der Waals surface area contributed by atoms with Crippen LogP contribution in [0, 0.1) is 0 Å². The van der Waals surface area contributed by atoms with Crippen LogP contribution in [0.4, 0.5) is 0 Å².